The monoisotopic (exact) mass is 403 g/mol. The van der Waals surface area contributed by atoms with Crippen LogP contribution < -0.4 is 0 Å². The lowest BCUT2D eigenvalue weighted by molar-refractivity contribution is 0.0752. The van der Waals surface area contributed by atoms with Crippen molar-refractivity contribution in [2.75, 3.05) is 7.05 Å². The Labute approximate surface area is 163 Å². The van der Waals surface area contributed by atoms with Crippen LogP contribution in [0, 0.1) is 0 Å². The molecule has 1 aromatic heterocycles. The summed E-state index contributed by atoms with van der Waals surface area (Å²) in [5.74, 6) is -0.670. The van der Waals surface area contributed by atoms with Gasteiger partial charge in [0.2, 0.25) is 0 Å². The van der Waals surface area contributed by atoms with Crippen LogP contribution >= 0.6 is 11.6 Å². The Morgan fingerprint density at radius 2 is 1.81 bits per heavy atom. The van der Waals surface area contributed by atoms with Gasteiger partial charge in [0.15, 0.2) is 15.6 Å². The van der Waals surface area contributed by atoms with Crippen molar-refractivity contribution in [3.63, 3.8) is 0 Å². The van der Waals surface area contributed by atoms with Crippen LogP contribution in [-0.4, -0.2) is 26.3 Å². The third-order valence-corrected chi connectivity index (χ3v) is 5.96. The number of benzene rings is 2. The first-order valence-electron chi connectivity index (χ1n) is 8.21. The zero-order valence-electron chi connectivity index (χ0n) is 14.6. The van der Waals surface area contributed by atoms with Crippen LogP contribution in [0.25, 0.3) is 0 Å². The molecule has 1 amide bonds. The molecule has 7 heteroatoms. The summed E-state index contributed by atoms with van der Waals surface area (Å²) in [6.45, 7) is 0.324. The Morgan fingerprint density at radius 1 is 1.07 bits per heavy atom. The van der Waals surface area contributed by atoms with Crippen LogP contribution in [0.3, 0.4) is 0 Å². The Kier molecular flexibility index (Phi) is 5.68. The van der Waals surface area contributed by atoms with E-state index in [9.17, 15) is 13.2 Å². The maximum absolute atomic E-state index is 12.7. The molecule has 0 bridgehead atoms. The fraction of sp³-hybridized carbons (Fsp3) is 0.150. The summed E-state index contributed by atoms with van der Waals surface area (Å²) >= 11 is 5.97. The van der Waals surface area contributed by atoms with Gasteiger partial charge in [-0.2, -0.15) is 0 Å². The highest BCUT2D eigenvalue weighted by Crippen LogP contribution is 2.21. The van der Waals surface area contributed by atoms with Gasteiger partial charge in [0.1, 0.15) is 0 Å². The van der Waals surface area contributed by atoms with Gasteiger partial charge in [-0.15, -0.1) is 0 Å². The number of carbonyl (C=O) groups is 1. The van der Waals surface area contributed by atoms with Gasteiger partial charge in [-0.25, -0.2) is 8.42 Å². The van der Waals surface area contributed by atoms with Gasteiger partial charge in [-0.05, 0) is 35.9 Å². The third-order valence-electron chi connectivity index (χ3n) is 4.04. The topological polar surface area (TPSA) is 67.6 Å². The summed E-state index contributed by atoms with van der Waals surface area (Å²) in [4.78, 5) is 14.4. The largest absolute Gasteiger partial charge is 0.459 e. The molecule has 0 N–H and O–H groups in total. The highest BCUT2D eigenvalue weighted by molar-refractivity contribution is 7.90. The van der Waals surface area contributed by atoms with E-state index in [1.54, 1.807) is 43.4 Å². The molecule has 0 aliphatic rings. The average Bonchev–Trinajstić information content (AvgIpc) is 3.09. The first-order chi connectivity index (χ1) is 12.9. The zero-order valence-corrected chi connectivity index (χ0v) is 16.2. The number of furan rings is 1. The van der Waals surface area contributed by atoms with Crippen LogP contribution in [0.5, 0.6) is 0 Å². The van der Waals surface area contributed by atoms with E-state index in [1.165, 1.54) is 29.4 Å². The number of rotatable bonds is 6. The molecule has 0 aliphatic carbocycles. The molecule has 27 heavy (non-hydrogen) atoms. The summed E-state index contributed by atoms with van der Waals surface area (Å²) in [6, 6.07) is 16.8. The molecule has 0 atom stereocenters. The van der Waals surface area contributed by atoms with Crippen molar-refractivity contribution in [1.82, 2.24) is 4.90 Å². The third kappa shape index (κ3) is 4.59. The number of hydrogen-bond donors (Lipinski definition) is 0. The molecule has 0 spiro atoms. The smallest absolute Gasteiger partial charge is 0.289 e. The molecular weight excluding hydrogens is 386 g/mol. The summed E-state index contributed by atoms with van der Waals surface area (Å²) in [7, 11) is -1.95. The summed E-state index contributed by atoms with van der Waals surface area (Å²) in [5.41, 5.74) is 1.20. The van der Waals surface area contributed by atoms with Crippen LogP contribution in [0.15, 0.2) is 76.2 Å². The number of sulfone groups is 1. The predicted molar refractivity (Wildman–Crippen MR) is 103 cm³/mol. The first-order valence-corrected chi connectivity index (χ1v) is 10.2. The van der Waals surface area contributed by atoms with Crippen molar-refractivity contribution in [3.05, 3.63) is 88.8 Å². The van der Waals surface area contributed by atoms with Gasteiger partial charge in [0, 0.05) is 24.2 Å². The minimum absolute atomic E-state index is 0.0269. The fourth-order valence-corrected chi connectivity index (χ4v) is 4.30. The van der Waals surface area contributed by atoms with Crippen LogP contribution in [-0.2, 0) is 22.1 Å². The summed E-state index contributed by atoms with van der Waals surface area (Å²) in [5, 5.41) is 0.584. The average molecular weight is 404 g/mol. The van der Waals surface area contributed by atoms with Gasteiger partial charge in [-0.3, -0.25) is 4.79 Å². The maximum Gasteiger partial charge on any atom is 0.289 e. The molecule has 3 aromatic rings. The van der Waals surface area contributed by atoms with E-state index >= 15 is 0 Å². The van der Waals surface area contributed by atoms with E-state index in [1.807, 2.05) is 6.07 Å². The van der Waals surface area contributed by atoms with E-state index < -0.39 is 15.7 Å². The highest BCUT2D eigenvalue weighted by atomic mass is 35.5. The molecule has 3 rings (SSSR count). The van der Waals surface area contributed by atoms with E-state index in [0.717, 1.165) is 5.56 Å². The standard InChI is InChI=1S/C20H18ClNO4S/c1-22(13-15-6-5-7-17(21)12-15)20(23)19-16(10-11-26-19)14-27(24,25)18-8-3-2-4-9-18/h2-12H,13-14H2,1H3. The molecule has 0 saturated carbocycles. The molecule has 0 fully saturated rings. The van der Waals surface area contributed by atoms with Gasteiger partial charge < -0.3 is 9.32 Å². The lowest BCUT2D eigenvalue weighted by atomic mass is 10.2. The summed E-state index contributed by atoms with van der Waals surface area (Å²) in [6.07, 6.45) is 1.33. The molecule has 1 heterocycles. The molecule has 0 radical (unpaired) electrons. The van der Waals surface area contributed by atoms with Crippen molar-refractivity contribution in [2.45, 2.75) is 17.2 Å². The van der Waals surface area contributed by atoms with Gasteiger partial charge in [0.25, 0.3) is 5.91 Å². The minimum Gasteiger partial charge on any atom is -0.459 e. The van der Waals surface area contributed by atoms with Gasteiger partial charge >= 0.3 is 0 Å². The van der Waals surface area contributed by atoms with E-state index in [4.69, 9.17) is 16.0 Å². The van der Waals surface area contributed by atoms with Gasteiger partial charge in [0.05, 0.1) is 16.9 Å². The first kappa shape index (κ1) is 19.2. The summed E-state index contributed by atoms with van der Waals surface area (Å²) < 4.78 is 30.5. The molecular formula is C20H18ClNO4S. The van der Waals surface area contributed by atoms with Crippen LogP contribution in [0.1, 0.15) is 21.7 Å². The normalized spacial score (nSPS) is 11.3. The Hall–Kier alpha value is -2.57. The molecule has 140 valence electrons. The number of carbonyl (C=O) groups excluding carboxylic acids is 1. The molecule has 0 aliphatic heterocycles. The lowest BCUT2D eigenvalue weighted by Crippen LogP contribution is -2.27. The number of halogens is 1. The minimum atomic E-state index is -3.58. The van der Waals surface area contributed by atoms with E-state index in [-0.39, 0.29) is 16.4 Å². The lowest BCUT2D eigenvalue weighted by Gasteiger charge is -2.17. The van der Waals surface area contributed by atoms with Crippen molar-refractivity contribution in [3.8, 4) is 0 Å². The number of nitrogens with zero attached hydrogens (tertiary/aromatic N) is 1. The zero-order chi connectivity index (χ0) is 19.4. The Morgan fingerprint density at radius 3 is 2.52 bits per heavy atom. The van der Waals surface area contributed by atoms with Crippen LogP contribution in [0.4, 0.5) is 0 Å². The Balaban J connectivity index is 1.79. The van der Waals surface area contributed by atoms with Crippen molar-refractivity contribution < 1.29 is 17.6 Å². The maximum atomic E-state index is 12.7. The predicted octanol–water partition coefficient (Wildman–Crippen LogP) is 4.18. The fourth-order valence-electron chi connectivity index (χ4n) is 2.71. The van der Waals surface area contributed by atoms with Crippen molar-refractivity contribution in [2.24, 2.45) is 0 Å². The number of hydrogen-bond acceptors (Lipinski definition) is 4. The highest BCUT2D eigenvalue weighted by Gasteiger charge is 2.24. The van der Waals surface area contributed by atoms with Crippen molar-refractivity contribution in [1.29, 1.82) is 0 Å². The van der Waals surface area contributed by atoms with E-state index in [0.29, 0.717) is 17.1 Å². The molecule has 0 saturated heterocycles. The van der Waals surface area contributed by atoms with E-state index in [2.05, 4.69) is 0 Å². The molecule has 0 unspecified atom stereocenters. The van der Waals surface area contributed by atoms with Crippen molar-refractivity contribution >= 4 is 27.3 Å². The second kappa shape index (κ2) is 7.98. The van der Waals surface area contributed by atoms with Gasteiger partial charge in [-0.1, -0.05) is 41.9 Å². The Bertz CT molecular complexity index is 1040. The number of amides is 1. The van der Waals surface area contributed by atoms with Crippen LogP contribution in [0.2, 0.25) is 5.02 Å². The SMILES string of the molecule is CN(Cc1cccc(Cl)c1)C(=O)c1occc1CS(=O)(=O)c1ccccc1. The second-order valence-electron chi connectivity index (χ2n) is 6.14. The second-order valence-corrected chi connectivity index (χ2v) is 8.56. The quantitative estimate of drug-likeness (QED) is 0.619. The molecule has 2 aromatic carbocycles. The molecule has 5 nitrogen and oxygen atoms in total.